The molecule has 0 bridgehead atoms. The number of hydrogen-bond donors (Lipinski definition) is 1. The number of imide groups is 2. The first-order valence-electron chi connectivity index (χ1n) is 7.43. The number of carbonyl (C=O) groups is 4. The number of urea groups is 1. The fourth-order valence-corrected chi connectivity index (χ4v) is 2.36. The number of furan rings is 1. The summed E-state index contributed by atoms with van der Waals surface area (Å²) in [5, 5.41) is 2.07. The van der Waals surface area contributed by atoms with Gasteiger partial charge < -0.3 is 4.42 Å². The van der Waals surface area contributed by atoms with Crippen LogP contribution in [0.25, 0.3) is 17.4 Å². The van der Waals surface area contributed by atoms with Crippen molar-refractivity contribution in [1.29, 1.82) is 0 Å². The number of ketones is 1. The molecule has 126 valence electrons. The van der Waals surface area contributed by atoms with Crippen LogP contribution >= 0.6 is 0 Å². The van der Waals surface area contributed by atoms with E-state index in [1.165, 1.54) is 20.0 Å². The average Bonchev–Trinajstić information content (AvgIpc) is 3.05. The third-order valence-electron chi connectivity index (χ3n) is 3.77. The molecule has 1 aromatic carbocycles. The zero-order valence-corrected chi connectivity index (χ0v) is 13.5. The van der Waals surface area contributed by atoms with E-state index in [2.05, 4.69) is 5.32 Å². The summed E-state index contributed by atoms with van der Waals surface area (Å²) in [5.41, 5.74) is 1.06. The SMILES string of the molecule is CC(=O)c1cccc(-c2ccc(/C=C3/C(=O)NC(=O)N(C)C3=O)o2)c1. The molecule has 0 unspecified atom stereocenters. The molecule has 0 saturated carbocycles. The van der Waals surface area contributed by atoms with Gasteiger partial charge in [0.1, 0.15) is 17.1 Å². The minimum absolute atomic E-state index is 0.0621. The second kappa shape index (κ2) is 6.20. The monoisotopic (exact) mass is 338 g/mol. The van der Waals surface area contributed by atoms with Gasteiger partial charge in [0.25, 0.3) is 11.8 Å². The molecule has 25 heavy (non-hydrogen) atoms. The lowest BCUT2D eigenvalue weighted by Gasteiger charge is -2.21. The molecule has 3 rings (SSSR count). The smallest absolute Gasteiger partial charge is 0.331 e. The molecule has 1 aromatic heterocycles. The van der Waals surface area contributed by atoms with Crippen molar-refractivity contribution < 1.29 is 23.6 Å². The highest BCUT2D eigenvalue weighted by atomic mass is 16.3. The van der Waals surface area contributed by atoms with Crippen LogP contribution in [0, 0.1) is 0 Å². The Balaban J connectivity index is 1.93. The van der Waals surface area contributed by atoms with Crippen LogP contribution in [0.1, 0.15) is 23.0 Å². The number of benzene rings is 1. The molecule has 1 fully saturated rings. The Morgan fingerprint density at radius 1 is 1.16 bits per heavy atom. The largest absolute Gasteiger partial charge is 0.457 e. The second-order valence-corrected chi connectivity index (χ2v) is 5.52. The molecule has 0 aliphatic carbocycles. The van der Waals surface area contributed by atoms with Crippen LogP contribution in [0.4, 0.5) is 4.79 Å². The Kier molecular flexibility index (Phi) is 4.06. The van der Waals surface area contributed by atoms with E-state index < -0.39 is 17.8 Å². The lowest BCUT2D eigenvalue weighted by atomic mass is 10.1. The molecule has 1 N–H and O–H groups in total. The van der Waals surface area contributed by atoms with Gasteiger partial charge in [-0.05, 0) is 31.2 Å². The summed E-state index contributed by atoms with van der Waals surface area (Å²) in [7, 11) is 1.28. The fraction of sp³-hybridized carbons (Fsp3) is 0.111. The van der Waals surface area contributed by atoms with E-state index in [1.54, 1.807) is 36.4 Å². The van der Waals surface area contributed by atoms with Gasteiger partial charge in [-0.3, -0.25) is 24.6 Å². The van der Waals surface area contributed by atoms with E-state index in [4.69, 9.17) is 4.42 Å². The third kappa shape index (κ3) is 3.12. The van der Waals surface area contributed by atoms with Crippen molar-refractivity contribution in [2.24, 2.45) is 0 Å². The normalized spacial score (nSPS) is 16.3. The second-order valence-electron chi connectivity index (χ2n) is 5.52. The van der Waals surface area contributed by atoms with Crippen molar-refractivity contribution >= 4 is 29.7 Å². The number of carbonyl (C=O) groups excluding carboxylic acids is 4. The van der Waals surface area contributed by atoms with Gasteiger partial charge in [0, 0.05) is 18.2 Å². The maximum atomic E-state index is 12.0. The molecule has 1 aliphatic rings. The molecular weight excluding hydrogens is 324 g/mol. The van der Waals surface area contributed by atoms with E-state index in [9.17, 15) is 19.2 Å². The van der Waals surface area contributed by atoms with E-state index in [0.717, 1.165) is 4.90 Å². The summed E-state index contributed by atoms with van der Waals surface area (Å²) in [6.07, 6.45) is 1.28. The van der Waals surface area contributed by atoms with Crippen LogP contribution in [-0.4, -0.2) is 35.6 Å². The van der Waals surface area contributed by atoms with E-state index >= 15 is 0 Å². The molecule has 0 atom stereocenters. The number of Topliss-reactive ketones (excluding diaryl/α,β-unsaturated/α-hetero) is 1. The number of nitrogens with zero attached hydrogens (tertiary/aromatic N) is 1. The maximum absolute atomic E-state index is 12.0. The summed E-state index contributed by atoms with van der Waals surface area (Å²) in [4.78, 5) is 47.5. The van der Waals surface area contributed by atoms with Crippen LogP contribution in [0.15, 0.2) is 46.4 Å². The molecule has 4 amide bonds. The van der Waals surface area contributed by atoms with Crippen molar-refractivity contribution in [2.75, 3.05) is 7.05 Å². The first kappa shape index (κ1) is 16.4. The number of nitrogens with one attached hydrogen (secondary N) is 1. The summed E-state index contributed by atoms with van der Waals surface area (Å²) < 4.78 is 5.64. The van der Waals surface area contributed by atoms with Gasteiger partial charge in [-0.15, -0.1) is 0 Å². The lowest BCUT2D eigenvalue weighted by molar-refractivity contribution is -0.129. The van der Waals surface area contributed by atoms with Gasteiger partial charge in [-0.2, -0.15) is 0 Å². The maximum Gasteiger partial charge on any atom is 0.331 e. The summed E-state index contributed by atoms with van der Waals surface area (Å²) in [6, 6.07) is 9.43. The number of rotatable bonds is 3. The van der Waals surface area contributed by atoms with E-state index in [-0.39, 0.29) is 17.1 Å². The lowest BCUT2D eigenvalue weighted by Crippen LogP contribution is -2.52. The Morgan fingerprint density at radius 3 is 2.64 bits per heavy atom. The zero-order valence-electron chi connectivity index (χ0n) is 13.5. The van der Waals surface area contributed by atoms with Crippen molar-refractivity contribution in [2.45, 2.75) is 6.92 Å². The van der Waals surface area contributed by atoms with E-state index in [1.807, 2.05) is 0 Å². The minimum atomic E-state index is -0.773. The molecular formula is C18H14N2O5. The highest BCUT2D eigenvalue weighted by Crippen LogP contribution is 2.25. The number of amides is 4. The predicted octanol–water partition coefficient (Wildman–Crippen LogP) is 2.24. The number of barbiturate groups is 1. The van der Waals surface area contributed by atoms with Gasteiger partial charge in [-0.1, -0.05) is 18.2 Å². The molecule has 0 spiro atoms. The molecule has 2 aromatic rings. The molecule has 1 aliphatic heterocycles. The Hall–Kier alpha value is -3.48. The van der Waals surface area contributed by atoms with Crippen molar-refractivity contribution in [3.8, 4) is 11.3 Å². The van der Waals surface area contributed by atoms with Crippen molar-refractivity contribution in [1.82, 2.24) is 10.2 Å². The Morgan fingerprint density at radius 2 is 1.92 bits per heavy atom. The molecule has 7 heteroatoms. The highest BCUT2D eigenvalue weighted by molar-refractivity contribution is 6.30. The minimum Gasteiger partial charge on any atom is -0.457 e. The Bertz CT molecular complexity index is 938. The predicted molar refractivity (Wildman–Crippen MR) is 88.4 cm³/mol. The fourth-order valence-electron chi connectivity index (χ4n) is 2.36. The van der Waals surface area contributed by atoms with Crippen LogP contribution in [0.3, 0.4) is 0 Å². The number of likely N-dealkylation sites (N-methyl/N-ethyl adjacent to an activating group) is 1. The van der Waals surface area contributed by atoms with Crippen LogP contribution in [0.5, 0.6) is 0 Å². The quantitative estimate of drug-likeness (QED) is 0.526. The zero-order chi connectivity index (χ0) is 18.1. The first-order valence-corrected chi connectivity index (χ1v) is 7.43. The van der Waals surface area contributed by atoms with Crippen molar-refractivity contribution in [3.63, 3.8) is 0 Å². The standard InChI is InChI=1S/C18H14N2O5/c1-10(21)11-4-3-5-12(8-11)15-7-6-13(25-15)9-14-16(22)19-18(24)20(2)17(14)23/h3-9H,1-2H3,(H,19,22,24)/b14-9-. The van der Waals surface area contributed by atoms with Gasteiger partial charge in [0.2, 0.25) is 0 Å². The van der Waals surface area contributed by atoms with Crippen LogP contribution in [-0.2, 0) is 9.59 Å². The first-order chi connectivity index (χ1) is 11.9. The average molecular weight is 338 g/mol. The van der Waals surface area contributed by atoms with Gasteiger partial charge >= 0.3 is 6.03 Å². The van der Waals surface area contributed by atoms with E-state index in [0.29, 0.717) is 16.9 Å². The van der Waals surface area contributed by atoms with Gasteiger partial charge in [-0.25, -0.2) is 4.79 Å². The summed E-state index contributed by atoms with van der Waals surface area (Å²) >= 11 is 0. The molecule has 2 heterocycles. The summed E-state index contributed by atoms with van der Waals surface area (Å²) in [6.45, 7) is 1.47. The van der Waals surface area contributed by atoms with Crippen LogP contribution in [0.2, 0.25) is 0 Å². The third-order valence-corrected chi connectivity index (χ3v) is 3.77. The topological polar surface area (TPSA) is 96.7 Å². The Labute approximate surface area is 142 Å². The van der Waals surface area contributed by atoms with Crippen molar-refractivity contribution in [3.05, 3.63) is 53.3 Å². The van der Waals surface area contributed by atoms with Crippen LogP contribution < -0.4 is 5.32 Å². The summed E-state index contributed by atoms with van der Waals surface area (Å²) in [5.74, 6) is -0.768. The van der Waals surface area contributed by atoms with Gasteiger partial charge in [0.15, 0.2) is 5.78 Å². The van der Waals surface area contributed by atoms with Gasteiger partial charge in [0.05, 0.1) is 0 Å². The molecule has 0 radical (unpaired) electrons. The number of hydrogen-bond acceptors (Lipinski definition) is 5. The molecule has 7 nitrogen and oxygen atoms in total. The highest BCUT2D eigenvalue weighted by Gasteiger charge is 2.33. The molecule has 1 saturated heterocycles.